The summed E-state index contributed by atoms with van der Waals surface area (Å²) in [6.45, 7) is 0. The third-order valence-corrected chi connectivity index (χ3v) is 4.19. The molecule has 0 aliphatic heterocycles. The summed E-state index contributed by atoms with van der Waals surface area (Å²) >= 11 is 0. The largest absolute Gasteiger partial charge is 0.417 e. The molecule has 1 aliphatic carbocycles. The zero-order chi connectivity index (χ0) is 13.2. The van der Waals surface area contributed by atoms with Crippen molar-refractivity contribution < 1.29 is 4.42 Å². The first-order chi connectivity index (χ1) is 9.22. The average molecular weight is 260 g/mol. The highest BCUT2D eigenvalue weighted by Gasteiger charge is 2.18. The fraction of sp³-hybridized carbons (Fsp3) is 0.533. The first-order valence-corrected chi connectivity index (χ1v) is 7.11. The Morgan fingerprint density at radius 2 is 2.11 bits per heavy atom. The SMILES string of the molecule is NC(CC1CCCCC1)c1ccc2[nH]c(=O)oc2c1. The highest BCUT2D eigenvalue weighted by atomic mass is 16.4. The second kappa shape index (κ2) is 5.21. The number of aromatic amines is 1. The lowest BCUT2D eigenvalue weighted by Gasteiger charge is -2.24. The molecule has 4 nitrogen and oxygen atoms in total. The molecule has 1 unspecified atom stereocenters. The van der Waals surface area contributed by atoms with Crippen LogP contribution in [0.4, 0.5) is 0 Å². The summed E-state index contributed by atoms with van der Waals surface area (Å²) in [6.07, 6.45) is 7.67. The lowest BCUT2D eigenvalue weighted by Crippen LogP contribution is -2.17. The number of nitrogens with one attached hydrogen (secondary N) is 1. The molecule has 1 aromatic heterocycles. The second-order valence-corrected chi connectivity index (χ2v) is 5.62. The van der Waals surface area contributed by atoms with Gasteiger partial charge in [0.2, 0.25) is 0 Å². The van der Waals surface area contributed by atoms with E-state index in [1.165, 1.54) is 32.1 Å². The average Bonchev–Trinajstić information content (AvgIpc) is 2.78. The molecule has 1 atom stereocenters. The van der Waals surface area contributed by atoms with Crippen LogP contribution in [0, 0.1) is 5.92 Å². The Bertz CT molecular complexity index is 608. The van der Waals surface area contributed by atoms with Crippen molar-refractivity contribution >= 4 is 11.1 Å². The summed E-state index contributed by atoms with van der Waals surface area (Å²) in [5.74, 6) is 0.339. The Kier molecular flexibility index (Phi) is 3.42. The Balaban J connectivity index is 1.76. The van der Waals surface area contributed by atoms with E-state index >= 15 is 0 Å². The molecule has 0 bridgehead atoms. The van der Waals surface area contributed by atoms with E-state index in [-0.39, 0.29) is 6.04 Å². The molecule has 0 amide bonds. The quantitative estimate of drug-likeness (QED) is 0.890. The zero-order valence-electron chi connectivity index (χ0n) is 11.0. The van der Waals surface area contributed by atoms with Crippen molar-refractivity contribution in [2.45, 2.75) is 44.6 Å². The molecule has 1 saturated carbocycles. The van der Waals surface area contributed by atoms with E-state index in [0.717, 1.165) is 23.4 Å². The van der Waals surface area contributed by atoms with E-state index in [4.69, 9.17) is 10.2 Å². The molecule has 0 spiro atoms. The standard InChI is InChI=1S/C15H20N2O2/c16-12(8-10-4-2-1-3-5-10)11-6-7-13-14(9-11)19-15(18)17-13/h6-7,9-10,12H,1-5,8,16H2,(H,17,18). The molecule has 102 valence electrons. The molecule has 0 saturated heterocycles. The number of benzene rings is 1. The molecular weight excluding hydrogens is 240 g/mol. The molecule has 0 radical (unpaired) electrons. The summed E-state index contributed by atoms with van der Waals surface area (Å²) in [5, 5.41) is 0. The Hall–Kier alpha value is -1.55. The van der Waals surface area contributed by atoms with Gasteiger partial charge in [0.05, 0.1) is 5.52 Å². The van der Waals surface area contributed by atoms with E-state index in [0.29, 0.717) is 5.58 Å². The van der Waals surface area contributed by atoms with Crippen molar-refractivity contribution in [3.05, 3.63) is 34.3 Å². The minimum Gasteiger partial charge on any atom is -0.408 e. The summed E-state index contributed by atoms with van der Waals surface area (Å²) in [5.41, 5.74) is 8.68. The minimum atomic E-state index is -0.409. The van der Waals surface area contributed by atoms with Crippen LogP contribution in [0.5, 0.6) is 0 Å². The first kappa shape index (κ1) is 12.5. The molecule has 3 rings (SSSR count). The number of aromatic nitrogens is 1. The van der Waals surface area contributed by atoms with Crippen molar-refractivity contribution in [2.24, 2.45) is 11.7 Å². The maximum Gasteiger partial charge on any atom is 0.417 e. The number of hydrogen-bond acceptors (Lipinski definition) is 3. The smallest absolute Gasteiger partial charge is 0.408 e. The minimum absolute atomic E-state index is 0.0349. The van der Waals surface area contributed by atoms with Crippen molar-refractivity contribution in [3.8, 4) is 0 Å². The van der Waals surface area contributed by atoms with Crippen LogP contribution in [0.1, 0.15) is 50.1 Å². The number of hydrogen-bond donors (Lipinski definition) is 2. The van der Waals surface area contributed by atoms with E-state index in [1.807, 2.05) is 18.2 Å². The van der Waals surface area contributed by atoms with Gasteiger partial charge in [-0.05, 0) is 30.0 Å². The van der Waals surface area contributed by atoms with E-state index < -0.39 is 5.76 Å². The van der Waals surface area contributed by atoms with Crippen LogP contribution in [-0.2, 0) is 0 Å². The van der Waals surface area contributed by atoms with Gasteiger partial charge in [-0.25, -0.2) is 4.79 Å². The number of H-pyrrole nitrogens is 1. The van der Waals surface area contributed by atoms with Gasteiger partial charge in [0.1, 0.15) is 0 Å². The van der Waals surface area contributed by atoms with Crippen LogP contribution >= 0.6 is 0 Å². The first-order valence-electron chi connectivity index (χ1n) is 7.11. The van der Waals surface area contributed by atoms with E-state index in [2.05, 4.69) is 4.98 Å². The van der Waals surface area contributed by atoms with Crippen LogP contribution in [0.15, 0.2) is 27.4 Å². The molecular formula is C15H20N2O2. The normalized spacial score (nSPS) is 18.8. The fourth-order valence-corrected chi connectivity index (χ4v) is 3.11. The molecule has 1 aliphatic rings. The maximum atomic E-state index is 11.1. The molecule has 19 heavy (non-hydrogen) atoms. The third kappa shape index (κ3) is 2.73. The van der Waals surface area contributed by atoms with Crippen LogP contribution in [-0.4, -0.2) is 4.98 Å². The highest BCUT2D eigenvalue weighted by molar-refractivity contribution is 5.72. The van der Waals surface area contributed by atoms with Gasteiger partial charge < -0.3 is 10.2 Å². The van der Waals surface area contributed by atoms with Gasteiger partial charge in [0, 0.05) is 6.04 Å². The van der Waals surface area contributed by atoms with Gasteiger partial charge in [-0.15, -0.1) is 0 Å². The van der Waals surface area contributed by atoms with Crippen molar-refractivity contribution in [1.82, 2.24) is 4.98 Å². The maximum absolute atomic E-state index is 11.1. The van der Waals surface area contributed by atoms with Gasteiger partial charge in [0.15, 0.2) is 5.58 Å². The molecule has 4 heteroatoms. The van der Waals surface area contributed by atoms with Crippen molar-refractivity contribution in [3.63, 3.8) is 0 Å². The lowest BCUT2D eigenvalue weighted by atomic mass is 9.83. The summed E-state index contributed by atoms with van der Waals surface area (Å²) in [7, 11) is 0. The third-order valence-electron chi connectivity index (χ3n) is 4.19. The van der Waals surface area contributed by atoms with E-state index in [9.17, 15) is 4.79 Å². The Morgan fingerprint density at radius 1 is 1.32 bits per heavy atom. The number of fused-ring (bicyclic) bond motifs is 1. The van der Waals surface area contributed by atoms with Gasteiger partial charge in [-0.2, -0.15) is 0 Å². The second-order valence-electron chi connectivity index (χ2n) is 5.62. The zero-order valence-corrected chi connectivity index (χ0v) is 11.0. The topological polar surface area (TPSA) is 72.0 Å². The fourth-order valence-electron chi connectivity index (χ4n) is 3.11. The predicted molar refractivity (Wildman–Crippen MR) is 75.0 cm³/mol. The number of nitrogens with two attached hydrogens (primary N) is 1. The van der Waals surface area contributed by atoms with Crippen molar-refractivity contribution in [2.75, 3.05) is 0 Å². The van der Waals surface area contributed by atoms with Gasteiger partial charge in [-0.1, -0.05) is 38.2 Å². The summed E-state index contributed by atoms with van der Waals surface area (Å²) in [4.78, 5) is 13.8. The highest BCUT2D eigenvalue weighted by Crippen LogP contribution is 2.31. The van der Waals surface area contributed by atoms with Crippen LogP contribution in [0.25, 0.3) is 11.1 Å². The van der Waals surface area contributed by atoms with Gasteiger partial charge >= 0.3 is 5.76 Å². The molecule has 3 N–H and O–H groups in total. The van der Waals surface area contributed by atoms with Crippen LogP contribution in [0.3, 0.4) is 0 Å². The Morgan fingerprint density at radius 3 is 2.89 bits per heavy atom. The molecule has 1 aromatic carbocycles. The Labute approximate surface area is 112 Å². The van der Waals surface area contributed by atoms with Gasteiger partial charge in [-0.3, -0.25) is 4.98 Å². The van der Waals surface area contributed by atoms with Gasteiger partial charge in [0.25, 0.3) is 0 Å². The van der Waals surface area contributed by atoms with Crippen molar-refractivity contribution in [1.29, 1.82) is 0 Å². The number of oxazole rings is 1. The molecule has 1 heterocycles. The summed E-state index contributed by atoms with van der Waals surface area (Å²) in [6, 6.07) is 5.78. The number of rotatable bonds is 3. The summed E-state index contributed by atoms with van der Waals surface area (Å²) < 4.78 is 5.08. The van der Waals surface area contributed by atoms with Crippen LogP contribution < -0.4 is 11.5 Å². The molecule has 1 fully saturated rings. The predicted octanol–water partition coefficient (Wildman–Crippen LogP) is 3.09. The lowest BCUT2D eigenvalue weighted by molar-refractivity contribution is 0.319. The monoisotopic (exact) mass is 260 g/mol. The van der Waals surface area contributed by atoms with E-state index in [1.54, 1.807) is 0 Å². The molecule has 2 aromatic rings. The van der Waals surface area contributed by atoms with Crippen LogP contribution in [0.2, 0.25) is 0 Å².